The molecular formula is C11H17N3O3. The fraction of sp³-hybridized carbons (Fsp3) is 0.636. The summed E-state index contributed by atoms with van der Waals surface area (Å²) in [4.78, 5) is 8.21. The van der Waals surface area contributed by atoms with Crippen LogP contribution in [0.25, 0.3) is 0 Å². The van der Waals surface area contributed by atoms with Crippen LogP contribution in [0.2, 0.25) is 0 Å². The summed E-state index contributed by atoms with van der Waals surface area (Å²) in [5, 5.41) is 3.09. The smallest absolute Gasteiger partial charge is 0.222 e. The predicted molar refractivity (Wildman–Crippen MR) is 62.0 cm³/mol. The van der Waals surface area contributed by atoms with Crippen LogP contribution < -0.4 is 10.1 Å². The lowest BCUT2D eigenvalue weighted by Gasteiger charge is -2.17. The maximum atomic E-state index is 5.65. The number of methoxy groups -OCH3 is 1. The van der Waals surface area contributed by atoms with Gasteiger partial charge in [-0.05, 0) is 13.8 Å². The van der Waals surface area contributed by atoms with Gasteiger partial charge in [0.25, 0.3) is 0 Å². The van der Waals surface area contributed by atoms with E-state index in [4.69, 9.17) is 14.2 Å². The molecule has 1 fully saturated rings. The molecule has 1 unspecified atom stereocenters. The summed E-state index contributed by atoms with van der Waals surface area (Å²) in [7, 11) is 1.58. The number of rotatable bonds is 4. The monoisotopic (exact) mass is 239 g/mol. The van der Waals surface area contributed by atoms with Gasteiger partial charge in [0.15, 0.2) is 11.5 Å². The van der Waals surface area contributed by atoms with Crippen LogP contribution in [-0.4, -0.2) is 42.1 Å². The third-order valence-corrected chi connectivity index (χ3v) is 2.42. The second-order valence-electron chi connectivity index (χ2n) is 4.28. The highest BCUT2D eigenvalue weighted by molar-refractivity contribution is 5.27. The van der Waals surface area contributed by atoms with Gasteiger partial charge in [-0.3, -0.25) is 0 Å². The van der Waals surface area contributed by atoms with E-state index in [1.165, 1.54) is 0 Å². The summed E-state index contributed by atoms with van der Waals surface area (Å²) >= 11 is 0. The van der Waals surface area contributed by atoms with E-state index in [1.54, 1.807) is 19.5 Å². The van der Waals surface area contributed by atoms with E-state index in [2.05, 4.69) is 15.3 Å². The molecule has 6 nitrogen and oxygen atoms in total. The maximum absolute atomic E-state index is 5.65. The third-order valence-electron chi connectivity index (χ3n) is 2.42. The molecule has 1 atom stereocenters. The molecule has 0 saturated carbocycles. The Morgan fingerprint density at radius 2 is 2.18 bits per heavy atom. The fourth-order valence-corrected chi connectivity index (χ4v) is 1.58. The Labute approximate surface area is 100 Å². The molecule has 1 N–H and O–H groups in total. The zero-order valence-corrected chi connectivity index (χ0v) is 10.3. The number of hydrogen-bond acceptors (Lipinski definition) is 6. The van der Waals surface area contributed by atoms with Crippen molar-refractivity contribution in [2.24, 2.45) is 0 Å². The predicted octanol–water partition coefficient (Wildman–Crippen LogP) is 1.05. The Balaban J connectivity index is 1.82. The van der Waals surface area contributed by atoms with Gasteiger partial charge < -0.3 is 19.5 Å². The van der Waals surface area contributed by atoms with Gasteiger partial charge in [-0.25, -0.2) is 9.97 Å². The van der Waals surface area contributed by atoms with Gasteiger partial charge in [0.2, 0.25) is 5.95 Å². The van der Waals surface area contributed by atoms with Crippen LogP contribution in [0.4, 0.5) is 5.95 Å². The molecule has 0 bridgehead atoms. The number of aromatic nitrogens is 2. The summed E-state index contributed by atoms with van der Waals surface area (Å²) in [6.07, 6.45) is 3.26. The first-order valence-electron chi connectivity index (χ1n) is 5.51. The Morgan fingerprint density at radius 3 is 2.71 bits per heavy atom. The molecule has 1 aromatic rings. The van der Waals surface area contributed by atoms with Crippen LogP contribution in [0.5, 0.6) is 5.75 Å². The summed E-state index contributed by atoms with van der Waals surface area (Å²) < 4.78 is 16.1. The molecule has 0 amide bonds. The van der Waals surface area contributed by atoms with E-state index >= 15 is 0 Å². The first-order valence-corrected chi connectivity index (χ1v) is 5.51. The molecule has 0 aliphatic carbocycles. The molecule has 0 radical (unpaired) electrons. The molecule has 0 aromatic carbocycles. The first kappa shape index (κ1) is 12.1. The van der Waals surface area contributed by atoms with E-state index in [1.807, 2.05) is 13.8 Å². The third kappa shape index (κ3) is 3.28. The number of hydrogen-bond donors (Lipinski definition) is 1. The van der Waals surface area contributed by atoms with Crippen LogP contribution >= 0.6 is 0 Å². The lowest BCUT2D eigenvalue weighted by atomic mass is 10.4. The summed E-state index contributed by atoms with van der Waals surface area (Å²) in [5.41, 5.74) is 0. The standard InChI is InChI=1S/C11H17N3O3/c1-11(2)16-7-9(17-11)6-14-10-12-4-8(15-3)5-13-10/h4-5,9H,6-7H2,1-3H3,(H,12,13,14). The second-order valence-corrected chi connectivity index (χ2v) is 4.28. The highest BCUT2D eigenvalue weighted by Gasteiger charge is 2.32. The van der Waals surface area contributed by atoms with Crippen molar-refractivity contribution in [2.75, 3.05) is 25.6 Å². The zero-order chi connectivity index (χ0) is 12.3. The average molecular weight is 239 g/mol. The SMILES string of the molecule is COc1cnc(NCC2COC(C)(C)O2)nc1. The summed E-state index contributed by atoms with van der Waals surface area (Å²) in [5.74, 6) is 0.698. The number of nitrogens with zero attached hydrogens (tertiary/aromatic N) is 2. The van der Waals surface area contributed by atoms with Crippen molar-refractivity contribution in [3.63, 3.8) is 0 Å². The first-order chi connectivity index (χ1) is 8.09. The van der Waals surface area contributed by atoms with E-state index in [-0.39, 0.29) is 6.10 Å². The van der Waals surface area contributed by atoms with Crippen molar-refractivity contribution >= 4 is 5.95 Å². The van der Waals surface area contributed by atoms with Crippen molar-refractivity contribution in [2.45, 2.75) is 25.7 Å². The van der Waals surface area contributed by atoms with Crippen molar-refractivity contribution < 1.29 is 14.2 Å². The topological polar surface area (TPSA) is 65.5 Å². The highest BCUT2D eigenvalue weighted by atomic mass is 16.7. The van der Waals surface area contributed by atoms with E-state index in [9.17, 15) is 0 Å². The van der Waals surface area contributed by atoms with Crippen LogP contribution in [0.1, 0.15) is 13.8 Å². The molecule has 94 valence electrons. The van der Waals surface area contributed by atoms with E-state index < -0.39 is 5.79 Å². The molecule has 6 heteroatoms. The minimum absolute atomic E-state index is 0.0238. The Hall–Kier alpha value is -1.40. The van der Waals surface area contributed by atoms with Gasteiger partial charge in [0.05, 0.1) is 26.1 Å². The van der Waals surface area contributed by atoms with E-state index in [0.717, 1.165) is 0 Å². The van der Waals surface area contributed by atoms with Crippen molar-refractivity contribution in [3.8, 4) is 5.75 Å². The molecule has 0 spiro atoms. The lowest BCUT2D eigenvalue weighted by Crippen LogP contribution is -2.26. The number of nitrogens with one attached hydrogen (secondary N) is 1. The Bertz CT molecular complexity index is 367. The Kier molecular flexibility index (Phi) is 3.44. The quantitative estimate of drug-likeness (QED) is 0.847. The molecule has 2 rings (SSSR count). The van der Waals surface area contributed by atoms with Gasteiger partial charge in [0, 0.05) is 6.54 Å². The average Bonchev–Trinajstić information content (AvgIpc) is 2.67. The van der Waals surface area contributed by atoms with Gasteiger partial charge in [-0.15, -0.1) is 0 Å². The largest absolute Gasteiger partial charge is 0.494 e. The molecule has 1 aliphatic heterocycles. The zero-order valence-electron chi connectivity index (χ0n) is 10.3. The van der Waals surface area contributed by atoms with Crippen molar-refractivity contribution in [3.05, 3.63) is 12.4 Å². The highest BCUT2D eigenvalue weighted by Crippen LogP contribution is 2.22. The minimum atomic E-state index is -0.493. The maximum Gasteiger partial charge on any atom is 0.222 e. The number of ether oxygens (including phenoxy) is 3. The van der Waals surface area contributed by atoms with Crippen molar-refractivity contribution in [1.29, 1.82) is 0 Å². The molecular weight excluding hydrogens is 222 g/mol. The lowest BCUT2D eigenvalue weighted by molar-refractivity contribution is -0.136. The molecule has 1 aliphatic rings. The summed E-state index contributed by atoms with van der Waals surface area (Å²) in [6, 6.07) is 0. The fourth-order valence-electron chi connectivity index (χ4n) is 1.58. The summed E-state index contributed by atoms with van der Waals surface area (Å²) in [6.45, 7) is 5.00. The van der Waals surface area contributed by atoms with Gasteiger partial charge in [-0.2, -0.15) is 0 Å². The normalized spacial score (nSPS) is 22.4. The van der Waals surface area contributed by atoms with Crippen LogP contribution in [-0.2, 0) is 9.47 Å². The molecule has 17 heavy (non-hydrogen) atoms. The molecule has 1 aromatic heterocycles. The number of anilines is 1. The van der Waals surface area contributed by atoms with Gasteiger partial charge in [0.1, 0.15) is 6.10 Å². The Morgan fingerprint density at radius 1 is 1.47 bits per heavy atom. The minimum Gasteiger partial charge on any atom is -0.494 e. The second kappa shape index (κ2) is 4.85. The van der Waals surface area contributed by atoms with Gasteiger partial charge >= 0.3 is 0 Å². The van der Waals surface area contributed by atoms with Crippen LogP contribution in [0.15, 0.2) is 12.4 Å². The van der Waals surface area contributed by atoms with Crippen molar-refractivity contribution in [1.82, 2.24) is 9.97 Å². The van der Waals surface area contributed by atoms with Crippen LogP contribution in [0, 0.1) is 0 Å². The van der Waals surface area contributed by atoms with Gasteiger partial charge in [-0.1, -0.05) is 0 Å². The van der Waals surface area contributed by atoms with Crippen LogP contribution in [0.3, 0.4) is 0 Å². The van der Waals surface area contributed by atoms with E-state index in [0.29, 0.717) is 24.8 Å². The molecule has 1 saturated heterocycles. The molecule has 2 heterocycles.